The third kappa shape index (κ3) is 6.95. The number of nitrogens with one attached hydrogen (secondary N) is 2. The van der Waals surface area contributed by atoms with E-state index in [4.69, 9.17) is 11.6 Å². The quantitative estimate of drug-likeness (QED) is 0.228. The topological polar surface area (TPSA) is 109 Å². The fourth-order valence-corrected chi connectivity index (χ4v) is 6.33. The lowest BCUT2D eigenvalue weighted by molar-refractivity contribution is -0.117. The molecule has 2 aromatic heterocycles. The maximum Gasteiger partial charge on any atom is 0.287 e. The van der Waals surface area contributed by atoms with Gasteiger partial charge in [-0.1, -0.05) is 36.7 Å². The number of rotatable bonds is 10. The molecular formula is C30H30ClF3N6O3S. The van der Waals surface area contributed by atoms with Gasteiger partial charge in [0.25, 0.3) is 17.7 Å². The fourth-order valence-electron chi connectivity index (χ4n) is 5.27. The Morgan fingerprint density at radius 3 is 2.57 bits per heavy atom. The molecule has 0 radical (unpaired) electrons. The van der Waals surface area contributed by atoms with Gasteiger partial charge < -0.3 is 20.1 Å². The highest BCUT2D eigenvalue weighted by Crippen LogP contribution is 2.36. The number of amides is 2. The van der Waals surface area contributed by atoms with Gasteiger partial charge >= 0.3 is 0 Å². The van der Waals surface area contributed by atoms with Crippen LogP contribution in [0.4, 0.5) is 19.0 Å². The van der Waals surface area contributed by atoms with Crippen molar-refractivity contribution in [3.05, 3.63) is 76.1 Å². The third-order valence-electron chi connectivity index (χ3n) is 7.55. The van der Waals surface area contributed by atoms with Gasteiger partial charge in [-0.15, -0.1) is 0 Å². The van der Waals surface area contributed by atoms with Crippen molar-refractivity contribution in [2.75, 3.05) is 31.5 Å². The van der Waals surface area contributed by atoms with Gasteiger partial charge in [-0.25, -0.2) is 18.2 Å². The molecule has 1 aliphatic rings. The lowest BCUT2D eigenvalue weighted by Gasteiger charge is -2.31. The van der Waals surface area contributed by atoms with Crippen LogP contribution >= 0.6 is 23.1 Å². The summed E-state index contributed by atoms with van der Waals surface area (Å²) in [5, 5.41) is 6.39. The first-order valence-electron chi connectivity index (χ1n) is 14.0. The van der Waals surface area contributed by atoms with E-state index in [9.17, 15) is 27.6 Å². The van der Waals surface area contributed by atoms with Gasteiger partial charge in [-0.05, 0) is 48.3 Å². The minimum absolute atomic E-state index is 0.00966. The predicted molar refractivity (Wildman–Crippen MR) is 162 cm³/mol. The number of aromatic nitrogens is 3. The van der Waals surface area contributed by atoms with Gasteiger partial charge in [0.1, 0.15) is 17.3 Å². The number of ketones is 1. The number of fused-ring (bicyclic) bond motifs is 1. The molecule has 0 saturated carbocycles. The molecule has 3 heterocycles. The Morgan fingerprint density at radius 1 is 1.11 bits per heavy atom. The standard InChI is InChI=1S/C30H30ClF3N6O3S/c1-17(41)16-40-25(18(2)21-15-19(32)7-8-22(21)31)26(37-28(42)24-20-5-3-4-6-23(20)44-38-24)36-27(40)29(43)35-11-14-39-12-9-30(33,34)10-13-39/h3-8,15,18H,9-14,16H2,1-2H3,(H,35,43)(H,37,42)/t18-/m0/s1. The number of benzene rings is 2. The minimum atomic E-state index is -2.68. The molecule has 0 spiro atoms. The summed E-state index contributed by atoms with van der Waals surface area (Å²) in [5.74, 6) is -5.61. The van der Waals surface area contributed by atoms with Crippen molar-refractivity contribution in [2.24, 2.45) is 0 Å². The maximum absolute atomic E-state index is 14.3. The Hall–Kier alpha value is -3.81. The second kappa shape index (κ2) is 13.0. The summed E-state index contributed by atoms with van der Waals surface area (Å²) in [5.41, 5.74) is 0.788. The summed E-state index contributed by atoms with van der Waals surface area (Å²) >= 11 is 7.60. The highest BCUT2D eigenvalue weighted by Gasteiger charge is 2.34. The van der Waals surface area contributed by atoms with Crippen LogP contribution in [0.1, 0.15) is 65.0 Å². The van der Waals surface area contributed by atoms with E-state index >= 15 is 0 Å². The summed E-state index contributed by atoms with van der Waals surface area (Å²) in [6, 6.07) is 11.1. The Balaban J connectivity index is 1.49. The van der Waals surface area contributed by atoms with Crippen molar-refractivity contribution in [1.29, 1.82) is 0 Å². The van der Waals surface area contributed by atoms with Gasteiger partial charge in [-0.3, -0.25) is 14.4 Å². The molecule has 4 aromatic rings. The second-order valence-corrected chi connectivity index (χ2v) is 12.0. The Labute approximate surface area is 260 Å². The van der Waals surface area contributed by atoms with Crippen LogP contribution in [-0.4, -0.2) is 68.5 Å². The number of nitrogens with zero attached hydrogens (tertiary/aromatic N) is 4. The molecule has 2 amide bonds. The molecule has 44 heavy (non-hydrogen) atoms. The van der Waals surface area contributed by atoms with Gasteiger partial charge in [0.2, 0.25) is 5.82 Å². The average Bonchev–Trinajstić information content (AvgIpc) is 3.56. The first-order valence-corrected chi connectivity index (χ1v) is 15.2. The molecule has 2 aromatic carbocycles. The van der Waals surface area contributed by atoms with Crippen molar-refractivity contribution in [1.82, 2.24) is 24.1 Å². The summed E-state index contributed by atoms with van der Waals surface area (Å²) in [6.45, 7) is 3.69. The average molecular weight is 647 g/mol. The van der Waals surface area contributed by atoms with E-state index in [-0.39, 0.29) is 72.9 Å². The van der Waals surface area contributed by atoms with Crippen LogP contribution in [0.2, 0.25) is 5.02 Å². The largest absolute Gasteiger partial charge is 0.348 e. The number of likely N-dealkylation sites (tertiary alicyclic amines) is 1. The summed E-state index contributed by atoms with van der Waals surface area (Å²) in [7, 11) is 0. The zero-order valence-corrected chi connectivity index (χ0v) is 25.6. The van der Waals surface area contributed by atoms with Crippen LogP contribution < -0.4 is 10.6 Å². The second-order valence-electron chi connectivity index (χ2n) is 10.8. The van der Waals surface area contributed by atoms with Crippen molar-refractivity contribution in [3.63, 3.8) is 0 Å². The number of imidazole rings is 1. The van der Waals surface area contributed by atoms with Crippen molar-refractivity contribution >= 4 is 56.6 Å². The summed E-state index contributed by atoms with van der Waals surface area (Å²) in [4.78, 5) is 45.7. The number of piperidine rings is 1. The molecule has 1 aliphatic heterocycles. The molecule has 2 N–H and O–H groups in total. The Kier molecular flexibility index (Phi) is 9.37. The molecule has 1 atom stereocenters. The van der Waals surface area contributed by atoms with Crippen LogP contribution in [0.5, 0.6) is 0 Å². The monoisotopic (exact) mass is 646 g/mol. The SMILES string of the molecule is CC(=O)Cn1c(C(=O)NCCN2CCC(F)(F)CC2)nc(NC(=O)c2nsc3ccccc23)c1[C@@H](C)c1cc(F)ccc1Cl. The maximum atomic E-state index is 14.3. The van der Waals surface area contributed by atoms with Gasteiger partial charge in [0.15, 0.2) is 5.82 Å². The molecule has 232 valence electrons. The minimum Gasteiger partial charge on any atom is -0.348 e. The van der Waals surface area contributed by atoms with Crippen molar-refractivity contribution in [2.45, 2.75) is 45.1 Å². The molecule has 5 rings (SSSR count). The predicted octanol–water partition coefficient (Wildman–Crippen LogP) is 5.74. The molecule has 9 nitrogen and oxygen atoms in total. The molecule has 0 bridgehead atoms. The summed E-state index contributed by atoms with van der Waals surface area (Å²) < 4.78 is 47.9. The van der Waals surface area contributed by atoms with Crippen LogP contribution in [-0.2, 0) is 11.3 Å². The number of anilines is 1. The summed E-state index contributed by atoms with van der Waals surface area (Å²) in [6.07, 6.45) is -0.490. The van der Waals surface area contributed by atoms with E-state index in [1.165, 1.54) is 29.7 Å². The number of hydrogen-bond donors (Lipinski definition) is 2. The number of carbonyl (C=O) groups excluding carboxylic acids is 3. The Bertz CT molecular complexity index is 1720. The van der Waals surface area contributed by atoms with Crippen LogP contribution in [0.25, 0.3) is 10.1 Å². The first-order chi connectivity index (χ1) is 20.9. The number of halogens is 4. The van der Waals surface area contributed by atoms with E-state index < -0.39 is 29.5 Å². The first kappa shape index (κ1) is 31.6. The van der Waals surface area contributed by atoms with Gasteiger partial charge in [-0.2, -0.15) is 4.37 Å². The van der Waals surface area contributed by atoms with Crippen molar-refractivity contribution < 1.29 is 27.6 Å². The Morgan fingerprint density at radius 2 is 1.84 bits per heavy atom. The molecule has 1 fully saturated rings. The number of alkyl halides is 2. The fraction of sp³-hybridized carbons (Fsp3) is 0.367. The van der Waals surface area contributed by atoms with Gasteiger partial charge in [0.05, 0.1) is 16.9 Å². The van der Waals surface area contributed by atoms with E-state index in [0.717, 1.165) is 16.2 Å². The highest BCUT2D eigenvalue weighted by atomic mass is 35.5. The molecule has 0 unspecified atom stereocenters. The zero-order valence-electron chi connectivity index (χ0n) is 24.0. The molecular weight excluding hydrogens is 617 g/mol. The van der Waals surface area contributed by atoms with Crippen LogP contribution in [0.3, 0.4) is 0 Å². The number of Topliss-reactive ketones (excluding diaryl/α,β-unsaturated/α-hetero) is 1. The van der Waals surface area contributed by atoms with E-state index in [1.54, 1.807) is 19.1 Å². The normalized spacial score (nSPS) is 15.7. The van der Waals surface area contributed by atoms with E-state index in [0.29, 0.717) is 17.5 Å². The molecule has 0 aliphatic carbocycles. The van der Waals surface area contributed by atoms with E-state index in [1.807, 2.05) is 17.0 Å². The van der Waals surface area contributed by atoms with Crippen LogP contribution in [0.15, 0.2) is 42.5 Å². The molecule has 1 saturated heterocycles. The lowest BCUT2D eigenvalue weighted by atomic mass is 9.96. The van der Waals surface area contributed by atoms with Crippen molar-refractivity contribution in [3.8, 4) is 0 Å². The number of carbonyl (C=O) groups is 3. The molecule has 14 heteroatoms. The highest BCUT2D eigenvalue weighted by molar-refractivity contribution is 7.13. The smallest absolute Gasteiger partial charge is 0.287 e. The lowest BCUT2D eigenvalue weighted by Crippen LogP contribution is -2.43. The third-order valence-corrected chi connectivity index (χ3v) is 8.72. The number of hydrogen-bond acceptors (Lipinski definition) is 7. The van der Waals surface area contributed by atoms with Crippen LogP contribution in [0, 0.1) is 5.82 Å². The van der Waals surface area contributed by atoms with Gasteiger partial charge in [0, 0.05) is 55.3 Å². The zero-order chi connectivity index (χ0) is 31.6. The van der Waals surface area contributed by atoms with E-state index in [2.05, 4.69) is 20.0 Å².